The van der Waals surface area contributed by atoms with E-state index in [1.54, 1.807) is 4.57 Å². The van der Waals surface area contributed by atoms with E-state index in [-0.39, 0.29) is 17.7 Å². The van der Waals surface area contributed by atoms with Crippen molar-refractivity contribution in [1.29, 1.82) is 0 Å². The first-order valence-electron chi connectivity index (χ1n) is 12.0. The molecule has 0 N–H and O–H groups in total. The first-order valence-corrected chi connectivity index (χ1v) is 12.0. The van der Waals surface area contributed by atoms with Crippen molar-refractivity contribution in [3.05, 3.63) is 41.7 Å². The van der Waals surface area contributed by atoms with Crippen molar-refractivity contribution in [1.82, 2.24) is 29.2 Å². The van der Waals surface area contributed by atoms with Crippen molar-refractivity contribution in [3.63, 3.8) is 0 Å². The van der Waals surface area contributed by atoms with Crippen LogP contribution in [0.25, 0.3) is 11.0 Å². The van der Waals surface area contributed by atoms with Crippen molar-refractivity contribution >= 4 is 16.9 Å². The van der Waals surface area contributed by atoms with Crippen LogP contribution in [0.5, 0.6) is 0 Å². The van der Waals surface area contributed by atoms with Crippen LogP contribution in [0.1, 0.15) is 69.6 Å². The maximum atomic E-state index is 14.0. The minimum atomic E-state index is -0.940. The average Bonchev–Trinajstić information content (AvgIpc) is 3.30. The number of benzene rings is 1. The molecule has 176 valence electrons. The molecule has 2 atom stereocenters. The van der Waals surface area contributed by atoms with Crippen molar-refractivity contribution in [3.8, 4) is 0 Å². The molecular weight excluding hydrogens is 426 g/mol. The third-order valence-electron chi connectivity index (χ3n) is 7.04. The van der Waals surface area contributed by atoms with E-state index in [4.69, 9.17) is 0 Å². The minimum absolute atomic E-state index is 0.0191. The number of carbonyl (C=O) groups is 1. The fraction of sp³-hybridized carbons (Fsp3) is 0.583. The number of nitrogens with zero attached hydrogens (tertiary/aromatic N) is 6. The standard InChI is InChI=1S/C24H30F2N6O/c1-15(2)22(32-14-27-19-11-17(25)18(26)12-20(19)32)24(33)30-9-6-7-16(13-30)23-29-28-21-8-4-3-5-10-31(21)23/h11-12,14-16,22H,3-10,13H2,1-2H3. The van der Waals surface area contributed by atoms with Gasteiger partial charge in [0, 0.05) is 44.1 Å². The number of fused-ring (bicyclic) bond motifs is 2. The second-order valence-corrected chi connectivity index (χ2v) is 9.66. The highest BCUT2D eigenvalue weighted by atomic mass is 19.2. The molecule has 4 heterocycles. The Morgan fingerprint density at radius 3 is 2.70 bits per heavy atom. The van der Waals surface area contributed by atoms with E-state index in [1.807, 2.05) is 18.7 Å². The maximum absolute atomic E-state index is 14.0. The van der Waals surface area contributed by atoms with Gasteiger partial charge in [-0.25, -0.2) is 13.8 Å². The highest BCUT2D eigenvalue weighted by Gasteiger charge is 2.35. The molecule has 0 spiro atoms. The molecule has 2 aliphatic heterocycles. The molecular formula is C24H30F2N6O. The lowest BCUT2D eigenvalue weighted by molar-refractivity contribution is -0.137. The Bertz CT molecular complexity index is 1170. The van der Waals surface area contributed by atoms with E-state index in [0.717, 1.165) is 62.4 Å². The number of aromatic nitrogens is 5. The summed E-state index contributed by atoms with van der Waals surface area (Å²) in [4.78, 5) is 19.9. The normalized spacial score (nSPS) is 20.2. The second kappa shape index (κ2) is 8.83. The van der Waals surface area contributed by atoms with Crippen LogP contribution in [0, 0.1) is 17.6 Å². The largest absolute Gasteiger partial charge is 0.340 e. The van der Waals surface area contributed by atoms with Gasteiger partial charge in [-0.15, -0.1) is 10.2 Å². The fourth-order valence-corrected chi connectivity index (χ4v) is 5.35. The van der Waals surface area contributed by atoms with Gasteiger partial charge in [-0.2, -0.15) is 0 Å². The molecule has 1 amide bonds. The summed E-state index contributed by atoms with van der Waals surface area (Å²) in [6.07, 6.45) is 7.84. The molecule has 1 fully saturated rings. The summed E-state index contributed by atoms with van der Waals surface area (Å²) >= 11 is 0. The van der Waals surface area contributed by atoms with E-state index in [9.17, 15) is 13.6 Å². The SMILES string of the molecule is CC(C)C(C(=O)N1CCCC(c2nnc3n2CCCCC3)C1)n1cnc2cc(F)c(F)cc21. The molecule has 0 bridgehead atoms. The Labute approximate surface area is 191 Å². The van der Waals surface area contributed by atoms with Gasteiger partial charge in [-0.1, -0.05) is 20.3 Å². The van der Waals surface area contributed by atoms with Crippen LogP contribution in [-0.4, -0.2) is 48.2 Å². The van der Waals surface area contributed by atoms with E-state index in [2.05, 4.69) is 19.7 Å². The van der Waals surface area contributed by atoms with Crippen molar-refractivity contribution in [2.24, 2.45) is 5.92 Å². The molecule has 3 aromatic rings. The predicted octanol–water partition coefficient (Wildman–Crippen LogP) is 4.24. The third kappa shape index (κ3) is 4.02. The van der Waals surface area contributed by atoms with E-state index < -0.39 is 17.7 Å². The number of hydrogen-bond donors (Lipinski definition) is 0. The lowest BCUT2D eigenvalue weighted by Crippen LogP contribution is -2.44. The van der Waals surface area contributed by atoms with Crippen LogP contribution >= 0.6 is 0 Å². The number of hydrogen-bond acceptors (Lipinski definition) is 4. The molecule has 0 saturated carbocycles. The molecule has 7 nitrogen and oxygen atoms in total. The van der Waals surface area contributed by atoms with Crippen LogP contribution in [0.3, 0.4) is 0 Å². The Kier molecular flexibility index (Phi) is 5.88. The van der Waals surface area contributed by atoms with Crippen LogP contribution in [-0.2, 0) is 17.8 Å². The summed E-state index contributed by atoms with van der Waals surface area (Å²) in [5.41, 5.74) is 0.771. The third-order valence-corrected chi connectivity index (χ3v) is 7.04. The summed E-state index contributed by atoms with van der Waals surface area (Å²) in [6, 6.07) is 1.66. The van der Waals surface area contributed by atoms with Gasteiger partial charge in [0.25, 0.3) is 0 Å². The molecule has 1 aromatic carbocycles. The van der Waals surface area contributed by atoms with E-state index in [0.29, 0.717) is 24.1 Å². The Balaban J connectivity index is 1.42. The Hall–Kier alpha value is -2.84. The summed E-state index contributed by atoms with van der Waals surface area (Å²) in [7, 11) is 0. The van der Waals surface area contributed by atoms with Crippen LogP contribution in [0.4, 0.5) is 8.78 Å². The van der Waals surface area contributed by atoms with E-state index in [1.165, 1.54) is 12.7 Å². The van der Waals surface area contributed by atoms with Gasteiger partial charge >= 0.3 is 0 Å². The van der Waals surface area contributed by atoms with E-state index >= 15 is 0 Å². The van der Waals surface area contributed by atoms with Crippen molar-refractivity contribution < 1.29 is 13.6 Å². The highest BCUT2D eigenvalue weighted by Crippen LogP contribution is 2.32. The molecule has 2 aliphatic rings. The van der Waals surface area contributed by atoms with Crippen LogP contribution in [0.15, 0.2) is 18.5 Å². The van der Waals surface area contributed by atoms with Crippen molar-refractivity contribution in [2.45, 2.75) is 70.9 Å². The number of rotatable bonds is 4. The number of amides is 1. The summed E-state index contributed by atoms with van der Waals surface area (Å²) < 4.78 is 31.6. The lowest BCUT2D eigenvalue weighted by atomic mass is 9.94. The molecule has 1 saturated heterocycles. The smallest absolute Gasteiger partial charge is 0.245 e. The van der Waals surface area contributed by atoms with Gasteiger partial charge in [0.05, 0.1) is 17.4 Å². The van der Waals surface area contributed by atoms with Gasteiger partial charge in [0.15, 0.2) is 11.6 Å². The topological polar surface area (TPSA) is 68.8 Å². The molecule has 5 rings (SSSR count). The van der Waals surface area contributed by atoms with Gasteiger partial charge in [0.2, 0.25) is 5.91 Å². The fourth-order valence-electron chi connectivity index (χ4n) is 5.35. The minimum Gasteiger partial charge on any atom is -0.340 e. The predicted molar refractivity (Wildman–Crippen MR) is 120 cm³/mol. The number of carbonyl (C=O) groups excluding carboxylic acids is 1. The number of aryl methyl sites for hydroxylation is 1. The van der Waals surface area contributed by atoms with Gasteiger partial charge in [-0.05, 0) is 31.6 Å². The Morgan fingerprint density at radius 1 is 1.06 bits per heavy atom. The average molecular weight is 457 g/mol. The maximum Gasteiger partial charge on any atom is 0.245 e. The van der Waals surface area contributed by atoms with Crippen molar-refractivity contribution in [2.75, 3.05) is 13.1 Å². The highest BCUT2D eigenvalue weighted by molar-refractivity contribution is 5.84. The molecule has 2 aromatic heterocycles. The number of imidazole rings is 1. The molecule has 0 radical (unpaired) electrons. The lowest BCUT2D eigenvalue weighted by Gasteiger charge is -2.36. The zero-order valence-corrected chi connectivity index (χ0v) is 19.2. The monoisotopic (exact) mass is 456 g/mol. The summed E-state index contributed by atoms with van der Waals surface area (Å²) in [6.45, 7) is 6.15. The Morgan fingerprint density at radius 2 is 1.88 bits per heavy atom. The van der Waals surface area contributed by atoms with Crippen LogP contribution < -0.4 is 0 Å². The van der Waals surface area contributed by atoms with Gasteiger partial charge < -0.3 is 14.0 Å². The second-order valence-electron chi connectivity index (χ2n) is 9.66. The first kappa shape index (κ1) is 22.0. The zero-order valence-electron chi connectivity index (χ0n) is 19.2. The van der Waals surface area contributed by atoms with Crippen LogP contribution in [0.2, 0.25) is 0 Å². The molecule has 0 aliphatic carbocycles. The first-order chi connectivity index (χ1) is 15.9. The molecule has 33 heavy (non-hydrogen) atoms. The van der Waals surface area contributed by atoms with Gasteiger partial charge in [0.1, 0.15) is 17.7 Å². The number of halogens is 2. The summed E-state index contributed by atoms with van der Waals surface area (Å²) in [5.74, 6) is 0.264. The molecule has 9 heteroatoms. The zero-order chi connectivity index (χ0) is 23.1. The number of likely N-dealkylation sites (tertiary alicyclic amines) is 1. The number of piperidine rings is 1. The van der Waals surface area contributed by atoms with Gasteiger partial charge in [-0.3, -0.25) is 4.79 Å². The molecule has 2 unspecified atom stereocenters. The summed E-state index contributed by atoms with van der Waals surface area (Å²) in [5, 5.41) is 8.97. The quantitative estimate of drug-likeness (QED) is 0.589.